The summed E-state index contributed by atoms with van der Waals surface area (Å²) in [4.78, 5) is 44.7. The van der Waals surface area contributed by atoms with E-state index in [1.807, 2.05) is 0 Å². The van der Waals surface area contributed by atoms with E-state index in [-0.39, 0.29) is 6.42 Å². The minimum atomic E-state index is -2.57. The smallest absolute Gasteiger partial charge is 0.349 e. The number of hydrogen-bond donors (Lipinski definition) is 3. The Kier molecular flexibility index (Phi) is 10.4. The highest BCUT2D eigenvalue weighted by molar-refractivity contribution is 5.90. The van der Waals surface area contributed by atoms with Crippen LogP contribution >= 0.6 is 0 Å². The molecule has 0 aromatic rings. The van der Waals surface area contributed by atoms with Gasteiger partial charge in [-0.1, -0.05) is 45.4 Å². The zero-order valence-corrected chi connectivity index (χ0v) is 14.0. The van der Waals surface area contributed by atoms with E-state index in [0.29, 0.717) is 6.42 Å². The third-order valence-corrected chi connectivity index (χ3v) is 3.56. The molecule has 0 saturated heterocycles. The first-order chi connectivity index (χ1) is 11.2. The first kappa shape index (κ1) is 21.9. The van der Waals surface area contributed by atoms with E-state index in [2.05, 4.69) is 6.92 Å². The van der Waals surface area contributed by atoms with Gasteiger partial charge in [0.1, 0.15) is 0 Å². The fraction of sp³-hybridized carbons (Fsp3) is 0.750. The van der Waals surface area contributed by atoms with Crippen molar-refractivity contribution in [1.82, 2.24) is 0 Å². The van der Waals surface area contributed by atoms with Crippen LogP contribution < -0.4 is 0 Å². The maximum absolute atomic E-state index is 11.8. The van der Waals surface area contributed by atoms with Crippen molar-refractivity contribution < 1.29 is 39.2 Å². The molecule has 0 bridgehead atoms. The molecule has 3 N–H and O–H groups in total. The van der Waals surface area contributed by atoms with Crippen molar-refractivity contribution >= 4 is 23.9 Å². The SMILES string of the molecule is CCCCCCCCCC(=O)OC(CC(=O)O)(CC(=O)O)C(=O)O. The van der Waals surface area contributed by atoms with Crippen molar-refractivity contribution in [2.45, 2.75) is 76.7 Å². The number of carboxylic acid groups (broad SMARTS) is 3. The van der Waals surface area contributed by atoms with Crippen LogP contribution in [0, 0.1) is 0 Å². The largest absolute Gasteiger partial charge is 0.481 e. The van der Waals surface area contributed by atoms with Crippen molar-refractivity contribution in [3.05, 3.63) is 0 Å². The maximum atomic E-state index is 11.8. The number of carbonyl (C=O) groups excluding carboxylic acids is 1. The van der Waals surface area contributed by atoms with Crippen molar-refractivity contribution in [2.24, 2.45) is 0 Å². The Morgan fingerprint density at radius 3 is 1.67 bits per heavy atom. The van der Waals surface area contributed by atoms with Crippen LogP contribution in [0.1, 0.15) is 71.1 Å². The van der Waals surface area contributed by atoms with Gasteiger partial charge in [-0.05, 0) is 6.42 Å². The molecule has 0 aliphatic rings. The molecule has 0 aromatic carbocycles. The lowest BCUT2D eigenvalue weighted by Gasteiger charge is -2.26. The van der Waals surface area contributed by atoms with Crippen LogP contribution in [0.2, 0.25) is 0 Å². The van der Waals surface area contributed by atoms with Crippen LogP contribution in [0.5, 0.6) is 0 Å². The third kappa shape index (κ3) is 9.12. The van der Waals surface area contributed by atoms with Gasteiger partial charge in [-0.15, -0.1) is 0 Å². The molecule has 0 rings (SSSR count). The van der Waals surface area contributed by atoms with Gasteiger partial charge in [-0.25, -0.2) is 4.79 Å². The van der Waals surface area contributed by atoms with E-state index in [0.717, 1.165) is 38.5 Å². The number of carboxylic acids is 3. The molecular formula is C16H26O8. The lowest BCUT2D eigenvalue weighted by Crippen LogP contribution is -2.47. The Balaban J connectivity index is 4.51. The second-order valence-electron chi connectivity index (χ2n) is 5.79. The van der Waals surface area contributed by atoms with E-state index in [4.69, 9.17) is 20.1 Å². The minimum absolute atomic E-state index is 0.0674. The van der Waals surface area contributed by atoms with Gasteiger partial charge in [0, 0.05) is 6.42 Å². The van der Waals surface area contributed by atoms with Gasteiger partial charge in [-0.3, -0.25) is 14.4 Å². The summed E-state index contributed by atoms with van der Waals surface area (Å²) in [5.41, 5.74) is -2.57. The number of aliphatic carboxylic acids is 3. The van der Waals surface area contributed by atoms with Crippen molar-refractivity contribution in [1.29, 1.82) is 0 Å². The second-order valence-corrected chi connectivity index (χ2v) is 5.79. The number of esters is 1. The molecule has 0 amide bonds. The summed E-state index contributed by atoms with van der Waals surface area (Å²) in [6, 6.07) is 0. The predicted molar refractivity (Wildman–Crippen MR) is 83.6 cm³/mol. The Bertz CT molecular complexity index is 427. The monoisotopic (exact) mass is 346 g/mol. The Labute approximate surface area is 140 Å². The van der Waals surface area contributed by atoms with E-state index < -0.39 is 42.3 Å². The van der Waals surface area contributed by atoms with Crippen LogP contribution in [-0.2, 0) is 23.9 Å². The summed E-state index contributed by atoms with van der Waals surface area (Å²) < 4.78 is 4.77. The fourth-order valence-corrected chi connectivity index (χ4v) is 2.31. The fourth-order valence-electron chi connectivity index (χ4n) is 2.31. The average Bonchev–Trinajstić information content (AvgIpc) is 2.44. The molecular weight excluding hydrogens is 320 g/mol. The number of rotatable bonds is 14. The highest BCUT2D eigenvalue weighted by Crippen LogP contribution is 2.23. The van der Waals surface area contributed by atoms with Gasteiger partial charge in [0.15, 0.2) is 0 Å². The molecule has 24 heavy (non-hydrogen) atoms. The Morgan fingerprint density at radius 2 is 1.25 bits per heavy atom. The first-order valence-corrected chi connectivity index (χ1v) is 8.12. The normalized spacial score (nSPS) is 11.0. The highest BCUT2D eigenvalue weighted by Gasteiger charge is 2.47. The summed E-state index contributed by atoms with van der Waals surface area (Å²) in [6.07, 6.45) is 4.42. The molecule has 0 aliphatic carbocycles. The summed E-state index contributed by atoms with van der Waals surface area (Å²) >= 11 is 0. The van der Waals surface area contributed by atoms with Gasteiger partial charge in [0.05, 0.1) is 12.8 Å². The molecule has 0 unspecified atom stereocenters. The van der Waals surface area contributed by atoms with E-state index in [9.17, 15) is 19.2 Å². The summed E-state index contributed by atoms with van der Waals surface area (Å²) in [7, 11) is 0. The predicted octanol–water partition coefficient (Wildman–Crippen LogP) is 2.44. The quantitative estimate of drug-likeness (QED) is 0.322. The van der Waals surface area contributed by atoms with Crippen molar-refractivity contribution in [2.75, 3.05) is 0 Å². The molecule has 8 nitrogen and oxygen atoms in total. The summed E-state index contributed by atoms with van der Waals surface area (Å²) in [6.45, 7) is 2.11. The third-order valence-electron chi connectivity index (χ3n) is 3.56. The second kappa shape index (κ2) is 11.4. The minimum Gasteiger partial charge on any atom is -0.481 e. The Morgan fingerprint density at radius 1 is 0.792 bits per heavy atom. The molecule has 0 fully saturated rings. The van der Waals surface area contributed by atoms with Gasteiger partial charge < -0.3 is 20.1 Å². The standard InChI is InChI=1S/C16H26O8/c1-2-3-4-5-6-7-8-9-14(21)24-16(15(22)23,10-12(17)18)11-13(19)20/h2-11H2,1H3,(H,17,18)(H,19,20)(H,22,23). The highest BCUT2D eigenvalue weighted by atomic mass is 16.6. The molecule has 0 saturated carbocycles. The molecule has 0 radical (unpaired) electrons. The molecule has 0 atom stereocenters. The molecule has 0 spiro atoms. The molecule has 0 aromatic heterocycles. The lowest BCUT2D eigenvalue weighted by atomic mass is 9.95. The van der Waals surface area contributed by atoms with Gasteiger partial charge in [0.25, 0.3) is 0 Å². The van der Waals surface area contributed by atoms with Crippen LogP contribution in [0.3, 0.4) is 0 Å². The van der Waals surface area contributed by atoms with Gasteiger partial charge in [-0.2, -0.15) is 0 Å². The van der Waals surface area contributed by atoms with Crippen molar-refractivity contribution in [3.8, 4) is 0 Å². The Hall–Kier alpha value is -2.12. The van der Waals surface area contributed by atoms with Gasteiger partial charge >= 0.3 is 23.9 Å². The summed E-state index contributed by atoms with van der Waals surface area (Å²) in [5.74, 6) is -5.78. The lowest BCUT2D eigenvalue weighted by molar-refractivity contribution is -0.186. The topological polar surface area (TPSA) is 138 Å². The molecule has 8 heteroatoms. The van der Waals surface area contributed by atoms with Crippen LogP contribution in [0.15, 0.2) is 0 Å². The number of hydrogen-bond acceptors (Lipinski definition) is 5. The molecule has 0 heterocycles. The summed E-state index contributed by atoms with van der Waals surface area (Å²) in [5, 5.41) is 26.7. The van der Waals surface area contributed by atoms with Crippen LogP contribution in [0.4, 0.5) is 0 Å². The zero-order chi connectivity index (χ0) is 18.6. The average molecular weight is 346 g/mol. The first-order valence-electron chi connectivity index (χ1n) is 8.12. The zero-order valence-electron chi connectivity index (χ0n) is 14.0. The van der Waals surface area contributed by atoms with E-state index >= 15 is 0 Å². The maximum Gasteiger partial charge on any atom is 0.349 e. The molecule has 138 valence electrons. The van der Waals surface area contributed by atoms with E-state index in [1.165, 1.54) is 0 Å². The number of ether oxygens (including phenoxy) is 1. The van der Waals surface area contributed by atoms with Gasteiger partial charge in [0.2, 0.25) is 5.60 Å². The number of unbranched alkanes of at least 4 members (excludes halogenated alkanes) is 6. The molecule has 0 aliphatic heterocycles. The van der Waals surface area contributed by atoms with Crippen LogP contribution in [0.25, 0.3) is 0 Å². The number of carbonyl (C=O) groups is 4. The van der Waals surface area contributed by atoms with E-state index in [1.54, 1.807) is 0 Å². The van der Waals surface area contributed by atoms with Crippen LogP contribution in [-0.4, -0.2) is 44.8 Å². The van der Waals surface area contributed by atoms with Crippen molar-refractivity contribution in [3.63, 3.8) is 0 Å².